The van der Waals surface area contributed by atoms with Gasteiger partial charge < -0.3 is 15.0 Å². The molecule has 0 saturated heterocycles. The van der Waals surface area contributed by atoms with Crippen LogP contribution in [-0.2, 0) is 23.1 Å². The second kappa shape index (κ2) is 5.54. The Morgan fingerprint density at radius 2 is 2.32 bits per heavy atom. The average molecular weight is 283 g/mol. The smallest absolute Gasteiger partial charge is 0.240 e. The quantitative estimate of drug-likeness (QED) is 0.619. The van der Waals surface area contributed by atoms with Crippen molar-refractivity contribution in [3.05, 3.63) is 10.5 Å². The summed E-state index contributed by atoms with van der Waals surface area (Å²) in [6.45, 7) is 3.04. The number of H-pyrrole nitrogens is 1. The molecule has 0 fully saturated rings. The zero-order chi connectivity index (χ0) is 14.0. The molecular weight excluding hydrogens is 266 g/mol. The lowest BCUT2D eigenvalue weighted by molar-refractivity contribution is -0.121. The number of aromatic nitrogens is 4. The highest BCUT2D eigenvalue weighted by Gasteiger charge is 2.14. The first-order valence-electron chi connectivity index (χ1n) is 5.92. The van der Waals surface area contributed by atoms with Gasteiger partial charge in [-0.2, -0.15) is 5.10 Å². The van der Waals surface area contributed by atoms with E-state index < -0.39 is 0 Å². The zero-order valence-electron chi connectivity index (χ0n) is 11.2. The number of aromatic amines is 1. The fourth-order valence-corrected chi connectivity index (χ4v) is 2.26. The highest BCUT2D eigenvalue weighted by Crippen LogP contribution is 2.16. The highest BCUT2D eigenvalue weighted by atomic mass is 32.1. The Morgan fingerprint density at radius 1 is 1.58 bits per heavy atom. The van der Waals surface area contributed by atoms with Gasteiger partial charge in [-0.1, -0.05) is 0 Å². The van der Waals surface area contributed by atoms with Crippen molar-refractivity contribution in [2.75, 3.05) is 20.3 Å². The number of amides is 1. The lowest BCUT2D eigenvalue weighted by Gasteiger charge is -2.06. The number of fused-ring (bicyclic) bond motifs is 1. The molecule has 0 saturated carbocycles. The number of aryl methyl sites for hydroxylation is 2. The molecular formula is C11H17N5O2S. The van der Waals surface area contributed by atoms with Crippen LogP contribution in [0.1, 0.15) is 5.69 Å². The second-order valence-electron chi connectivity index (χ2n) is 4.27. The normalized spacial score (nSPS) is 11.1. The van der Waals surface area contributed by atoms with E-state index >= 15 is 0 Å². The van der Waals surface area contributed by atoms with Gasteiger partial charge in [-0.15, -0.1) is 0 Å². The van der Waals surface area contributed by atoms with Crippen molar-refractivity contribution >= 4 is 29.3 Å². The summed E-state index contributed by atoms with van der Waals surface area (Å²) in [5.41, 5.74) is 2.56. The third-order valence-electron chi connectivity index (χ3n) is 2.85. The standard InChI is InChI=1S/C11H17N5O2S/c1-7-9-10(15(2)14-7)16(11(19)13-9)6-8(17)12-4-5-18-3/h4-6H2,1-3H3,(H,12,17)(H,13,19). The molecule has 2 rings (SSSR count). The Kier molecular flexibility index (Phi) is 4.01. The maximum Gasteiger partial charge on any atom is 0.240 e. The Labute approximate surface area is 115 Å². The predicted molar refractivity (Wildman–Crippen MR) is 73.5 cm³/mol. The van der Waals surface area contributed by atoms with Crippen molar-refractivity contribution in [2.45, 2.75) is 13.5 Å². The average Bonchev–Trinajstić information content (AvgIpc) is 2.80. The number of nitrogens with zero attached hydrogens (tertiary/aromatic N) is 3. The maximum absolute atomic E-state index is 11.8. The van der Waals surface area contributed by atoms with Crippen molar-refractivity contribution in [1.82, 2.24) is 24.6 Å². The number of hydrogen-bond donors (Lipinski definition) is 2. The SMILES string of the molecule is COCCNC(=O)Cn1c(=S)[nH]c2c(C)nn(C)c21. The monoisotopic (exact) mass is 283 g/mol. The van der Waals surface area contributed by atoms with Gasteiger partial charge in [-0.05, 0) is 19.1 Å². The molecule has 1 amide bonds. The molecule has 2 aromatic rings. The molecule has 2 aromatic heterocycles. The Balaban J connectivity index is 2.23. The Morgan fingerprint density at radius 3 is 3.00 bits per heavy atom. The van der Waals surface area contributed by atoms with Gasteiger partial charge in [0.05, 0.1) is 12.3 Å². The molecule has 2 heterocycles. The first kappa shape index (κ1) is 13.8. The van der Waals surface area contributed by atoms with Gasteiger partial charge in [0.25, 0.3) is 0 Å². The predicted octanol–water partition coefficient (Wildman–Crippen LogP) is 0.503. The molecule has 0 spiro atoms. The summed E-state index contributed by atoms with van der Waals surface area (Å²) in [6.07, 6.45) is 0. The van der Waals surface area contributed by atoms with Gasteiger partial charge in [-0.3, -0.25) is 14.0 Å². The van der Waals surface area contributed by atoms with Gasteiger partial charge in [-0.25, -0.2) is 0 Å². The third kappa shape index (κ3) is 2.69. The van der Waals surface area contributed by atoms with Crippen molar-refractivity contribution in [1.29, 1.82) is 0 Å². The number of hydrogen-bond acceptors (Lipinski definition) is 4. The van der Waals surface area contributed by atoms with Crippen molar-refractivity contribution in [3.63, 3.8) is 0 Å². The molecule has 0 bridgehead atoms. The topological polar surface area (TPSA) is 76.9 Å². The molecule has 0 radical (unpaired) electrons. The number of carbonyl (C=O) groups excluding carboxylic acids is 1. The van der Waals surface area contributed by atoms with E-state index in [4.69, 9.17) is 17.0 Å². The molecule has 0 unspecified atom stereocenters. The summed E-state index contributed by atoms with van der Waals surface area (Å²) in [4.78, 5) is 14.9. The van der Waals surface area contributed by atoms with Crippen molar-refractivity contribution in [2.24, 2.45) is 7.05 Å². The highest BCUT2D eigenvalue weighted by molar-refractivity contribution is 7.71. The largest absolute Gasteiger partial charge is 0.383 e. The van der Waals surface area contributed by atoms with E-state index in [0.29, 0.717) is 17.9 Å². The lowest BCUT2D eigenvalue weighted by Crippen LogP contribution is -2.30. The van der Waals surface area contributed by atoms with Gasteiger partial charge in [0.1, 0.15) is 12.1 Å². The van der Waals surface area contributed by atoms with Gasteiger partial charge in [0, 0.05) is 20.7 Å². The number of ether oxygens (including phenoxy) is 1. The number of imidazole rings is 1. The minimum atomic E-state index is -0.104. The molecule has 0 aliphatic carbocycles. The van der Waals surface area contributed by atoms with Crippen LogP contribution in [0.5, 0.6) is 0 Å². The van der Waals surface area contributed by atoms with Crippen LogP contribution in [0.3, 0.4) is 0 Å². The summed E-state index contributed by atoms with van der Waals surface area (Å²) in [5.74, 6) is -0.104. The van der Waals surface area contributed by atoms with E-state index in [1.807, 2.05) is 14.0 Å². The van der Waals surface area contributed by atoms with Crippen LogP contribution in [0.15, 0.2) is 0 Å². The van der Waals surface area contributed by atoms with Crippen molar-refractivity contribution in [3.8, 4) is 0 Å². The minimum Gasteiger partial charge on any atom is -0.383 e. The fourth-order valence-electron chi connectivity index (χ4n) is 2.01. The molecule has 19 heavy (non-hydrogen) atoms. The number of carbonyl (C=O) groups is 1. The summed E-state index contributed by atoms with van der Waals surface area (Å²) in [7, 11) is 3.42. The Hall–Kier alpha value is -1.67. The van der Waals surface area contributed by atoms with E-state index in [1.54, 1.807) is 16.4 Å². The lowest BCUT2D eigenvalue weighted by atomic mass is 10.4. The molecule has 0 aliphatic heterocycles. The summed E-state index contributed by atoms with van der Waals surface area (Å²) in [5, 5.41) is 7.07. The van der Waals surface area contributed by atoms with Crippen LogP contribution in [0.2, 0.25) is 0 Å². The fraction of sp³-hybridized carbons (Fsp3) is 0.545. The second-order valence-corrected chi connectivity index (χ2v) is 4.65. The zero-order valence-corrected chi connectivity index (χ0v) is 12.0. The maximum atomic E-state index is 11.8. The summed E-state index contributed by atoms with van der Waals surface area (Å²) in [6, 6.07) is 0. The van der Waals surface area contributed by atoms with Crippen LogP contribution < -0.4 is 5.32 Å². The van der Waals surface area contributed by atoms with Crippen LogP contribution in [0, 0.1) is 11.7 Å². The van der Waals surface area contributed by atoms with E-state index in [-0.39, 0.29) is 12.5 Å². The number of nitrogens with one attached hydrogen (secondary N) is 2. The number of rotatable bonds is 5. The summed E-state index contributed by atoms with van der Waals surface area (Å²) < 4.78 is 8.87. The number of methoxy groups -OCH3 is 1. The van der Waals surface area contributed by atoms with Gasteiger partial charge in [0.2, 0.25) is 5.91 Å². The van der Waals surface area contributed by atoms with Crippen LogP contribution in [0.25, 0.3) is 11.2 Å². The van der Waals surface area contributed by atoms with Crippen molar-refractivity contribution < 1.29 is 9.53 Å². The minimum absolute atomic E-state index is 0.104. The van der Waals surface area contributed by atoms with E-state index in [0.717, 1.165) is 16.9 Å². The molecule has 0 atom stereocenters. The third-order valence-corrected chi connectivity index (χ3v) is 3.18. The van der Waals surface area contributed by atoms with Crippen LogP contribution >= 0.6 is 12.2 Å². The van der Waals surface area contributed by atoms with E-state index in [9.17, 15) is 4.79 Å². The molecule has 8 heteroatoms. The van der Waals surface area contributed by atoms with E-state index in [1.165, 1.54) is 0 Å². The molecule has 7 nitrogen and oxygen atoms in total. The van der Waals surface area contributed by atoms with E-state index in [2.05, 4.69) is 15.4 Å². The van der Waals surface area contributed by atoms with Crippen LogP contribution in [-0.4, -0.2) is 45.5 Å². The first-order chi connectivity index (χ1) is 9.04. The van der Waals surface area contributed by atoms with Crippen LogP contribution in [0.4, 0.5) is 0 Å². The molecule has 0 aromatic carbocycles. The van der Waals surface area contributed by atoms with Gasteiger partial charge >= 0.3 is 0 Å². The molecule has 2 N–H and O–H groups in total. The summed E-state index contributed by atoms with van der Waals surface area (Å²) >= 11 is 5.24. The molecule has 0 aliphatic rings. The Bertz CT molecular complexity index is 654. The van der Waals surface area contributed by atoms with Gasteiger partial charge in [0.15, 0.2) is 10.4 Å². The first-order valence-corrected chi connectivity index (χ1v) is 6.33. The molecule has 104 valence electrons.